The Morgan fingerprint density at radius 3 is 2.67 bits per heavy atom. The SMILES string of the molecule is Cc1nc(CC(N)c2cccc(F)c2F)sc1C. The van der Waals surface area contributed by atoms with E-state index in [0.717, 1.165) is 21.6 Å². The number of nitrogens with zero attached hydrogens (tertiary/aromatic N) is 1. The highest BCUT2D eigenvalue weighted by Crippen LogP contribution is 2.24. The van der Waals surface area contributed by atoms with Crippen molar-refractivity contribution in [3.05, 3.63) is 51.0 Å². The zero-order chi connectivity index (χ0) is 13.3. The number of thiazole rings is 1. The maximum Gasteiger partial charge on any atom is 0.163 e. The summed E-state index contributed by atoms with van der Waals surface area (Å²) in [6.45, 7) is 3.90. The molecule has 0 saturated carbocycles. The Labute approximate surface area is 108 Å². The summed E-state index contributed by atoms with van der Waals surface area (Å²) in [5, 5.41) is 0.848. The highest BCUT2D eigenvalue weighted by Gasteiger charge is 2.16. The molecule has 0 fully saturated rings. The Morgan fingerprint density at radius 1 is 1.33 bits per heavy atom. The summed E-state index contributed by atoms with van der Waals surface area (Å²) >= 11 is 1.54. The number of nitrogens with two attached hydrogens (primary N) is 1. The number of hydrogen-bond donors (Lipinski definition) is 1. The topological polar surface area (TPSA) is 38.9 Å². The van der Waals surface area contributed by atoms with Crippen molar-refractivity contribution in [3.63, 3.8) is 0 Å². The summed E-state index contributed by atoms with van der Waals surface area (Å²) in [6.07, 6.45) is 0.416. The maximum atomic E-state index is 13.6. The molecule has 1 aromatic carbocycles. The highest BCUT2D eigenvalue weighted by molar-refractivity contribution is 7.11. The highest BCUT2D eigenvalue weighted by atomic mass is 32.1. The van der Waals surface area contributed by atoms with Gasteiger partial charge >= 0.3 is 0 Å². The first-order chi connectivity index (χ1) is 8.49. The van der Waals surface area contributed by atoms with E-state index in [9.17, 15) is 8.78 Å². The first-order valence-electron chi connectivity index (χ1n) is 5.61. The summed E-state index contributed by atoms with van der Waals surface area (Å²) in [6, 6.07) is 3.48. The molecular formula is C13H14F2N2S. The number of rotatable bonds is 3. The normalized spacial score (nSPS) is 12.7. The van der Waals surface area contributed by atoms with Crippen LogP contribution in [0.2, 0.25) is 0 Å². The minimum absolute atomic E-state index is 0.195. The summed E-state index contributed by atoms with van der Waals surface area (Å²) in [7, 11) is 0. The van der Waals surface area contributed by atoms with Gasteiger partial charge in [-0.3, -0.25) is 0 Å². The largest absolute Gasteiger partial charge is 0.324 e. The molecule has 1 aromatic heterocycles. The smallest absolute Gasteiger partial charge is 0.163 e. The monoisotopic (exact) mass is 268 g/mol. The third kappa shape index (κ3) is 2.57. The molecule has 2 aromatic rings. The van der Waals surface area contributed by atoms with E-state index in [1.165, 1.54) is 12.1 Å². The molecule has 5 heteroatoms. The quantitative estimate of drug-likeness (QED) is 0.927. The van der Waals surface area contributed by atoms with Gasteiger partial charge in [0.05, 0.1) is 10.7 Å². The van der Waals surface area contributed by atoms with E-state index in [4.69, 9.17) is 5.73 Å². The maximum absolute atomic E-state index is 13.6. The number of halogens is 2. The second-order valence-corrected chi connectivity index (χ2v) is 5.49. The fourth-order valence-corrected chi connectivity index (χ4v) is 2.72. The van der Waals surface area contributed by atoms with Crippen LogP contribution in [0.1, 0.15) is 27.2 Å². The van der Waals surface area contributed by atoms with Crippen molar-refractivity contribution in [3.8, 4) is 0 Å². The van der Waals surface area contributed by atoms with Gasteiger partial charge in [-0.15, -0.1) is 11.3 Å². The van der Waals surface area contributed by atoms with Gasteiger partial charge in [-0.1, -0.05) is 12.1 Å². The Bertz CT molecular complexity index is 547. The predicted octanol–water partition coefficient (Wildman–Crippen LogP) is 3.28. The van der Waals surface area contributed by atoms with Crippen molar-refractivity contribution in [2.75, 3.05) is 0 Å². The van der Waals surface area contributed by atoms with E-state index >= 15 is 0 Å². The molecule has 0 saturated heterocycles. The Morgan fingerprint density at radius 2 is 2.06 bits per heavy atom. The van der Waals surface area contributed by atoms with Crippen LogP contribution in [0.4, 0.5) is 8.78 Å². The van der Waals surface area contributed by atoms with Crippen LogP contribution in [0.3, 0.4) is 0 Å². The second kappa shape index (κ2) is 5.12. The van der Waals surface area contributed by atoms with Crippen LogP contribution in [-0.2, 0) is 6.42 Å². The van der Waals surface area contributed by atoms with Crippen LogP contribution >= 0.6 is 11.3 Å². The number of aromatic nitrogens is 1. The fourth-order valence-electron chi connectivity index (χ4n) is 1.73. The van der Waals surface area contributed by atoms with Gasteiger partial charge in [0.2, 0.25) is 0 Å². The van der Waals surface area contributed by atoms with Gasteiger partial charge in [0.15, 0.2) is 11.6 Å². The van der Waals surface area contributed by atoms with Gasteiger partial charge in [0, 0.05) is 22.9 Å². The van der Waals surface area contributed by atoms with Gasteiger partial charge < -0.3 is 5.73 Å². The van der Waals surface area contributed by atoms with E-state index in [1.807, 2.05) is 13.8 Å². The third-order valence-corrected chi connectivity index (χ3v) is 3.94. The molecule has 18 heavy (non-hydrogen) atoms. The minimum atomic E-state index is -0.866. The van der Waals surface area contributed by atoms with E-state index in [2.05, 4.69) is 4.98 Å². The molecule has 0 radical (unpaired) electrons. The summed E-state index contributed by atoms with van der Waals surface area (Å²) in [5.74, 6) is -1.73. The van der Waals surface area contributed by atoms with E-state index in [0.29, 0.717) is 6.42 Å². The molecule has 0 aliphatic heterocycles. The fraction of sp³-hybridized carbons (Fsp3) is 0.308. The van der Waals surface area contributed by atoms with Gasteiger partial charge in [-0.25, -0.2) is 13.8 Å². The molecule has 2 rings (SSSR count). The van der Waals surface area contributed by atoms with Crippen molar-refractivity contribution in [1.29, 1.82) is 0 Å². The standard InChI is InChI=1S/C13H14F2N2S/c1-7-8(2)18-12(17-7)6-11(16)9-4-3-5-10(14)13(9)15/h3-5,11H,6,16H2,1-2H3. The van der Waals surface area contributed by atoms with Crippen molar-refractivity contribution >= 4 is 11.3 Å². The molecule has 0 aliphatic rings. The van der Waals surface area contributed by atoms with Gasteiger partial charge in [-0.05, 0) is 19.9 Å². The average Bonchev–Trinajstić information content (AvgIpc) is 2.61. The van der Waals surface area contributed by atoms with E-state index in [1.54, 1.807) is 11.3 Å². The number of aryl methyl sites for hydroxylation is 2. The zero-order valence-corrected chi connectivity index (χ0v) is 11.0. The third-order valence-electron chi connectivity index (χ3n) is 2.85. The zero-order valence-electron chi connectivity index (χ0n) is 10.2. The average molecular weight is 268 g/mol. The van der Waals surface area contributed by atoms with Crippen LogP contribution in [0, 0.1) is 25.5 Å². The number of benzene rings is 1. The lowest BCUT2D eigenvalue weighted by Gasteiger charge is -2.11. The number of hydrogen-bond acceptors (Lipinski definition) is 3. The van der Waals surface area contributed by atoms with Gasteiger partial charge in [-0.2, -0.15) is 0 Å². The van der Waals surface area contributed by atoms with Gasteiger partial charge in [0.1, 0.15) is 0 Å². The molecule has 1 heterocycles. The lowest BCUT2D eigenvalue weighted by molar-refractivity contribution is 0.488. The lowest BCUT2D eigenvalue weighted by atomic mass is 10.0. The molecule has 96 valence electrons. The molecule has 0 bridgehead atoms. The van der Waals surface area contributed by atoms with E-state index < -0.39 is 17.7 Å². The molecule has 2 nitrogen and oxygen atoms in total. The van der Waals surface area contributed by atoms with Gasteiger partial charge in [0.25, 0.3) is 0 Å². The van der Waals surface area contributed by atoms with Crippen LogP contribution in [0.5, 0.6) is 0 Å². The Balaban J connectivity index is 2.21. The summed E-state index contributed by atoms with van der Waals surface area (Å²) in [4.78, 5) is 5.47. The molecule has 1 unspecified atom stereocenters. The molecule has 0 amide bonds. The van der Waals surface area contributed by atoms with Crippen LogP contribution < -0.4 is 5.73 Å². The Kier molecular flexibility index (Phi) is 3.73. The van der Waals surface area contributed by atoms with E-state index in [-0.39, 0.29) is 5.56 Å². The molecule has 0 spiro atoms. The first-order valence-corrected chi connectivity index (χ1v) is 6.43. The lowest BCUT2D eigenvalue weighted by Crippen LogP contribution is -2.15. The first kappa shape index (κ1) is 13.1. The van der Waals surface area contributed by atoms with Crippen LogP contribution in [0.25, 0.3) is 0 Å². The Hall–Kier alpha value is -1.33. The molecule has 1 atom stereocenters. The van der Waals surface area contributed by atoms with Crippen molar-refractivity contribution in [2.24, 2.45) is 5.73 Å². The van der Waals surface area contributed by atoms with Crippen molar-refractivity contribution < 1.29 is 8.78 Å². The molecular weight excluding hydrogens is 254 g/mol. The minimum Gasteiger partial charge on any atom is -0.324 e. The molecule has 0 aliphatic carbocycles. The van der Waals surface area contributed by atoms with Crippen molar-refractivity contribution in [1.82, 2.24) is 4.98 Å². The summed E-state index contributed by atoms with van der Waals surface area (Å²) in [5.41, 5.74) is 7.07. The van der Waals surface area contributed by atoms with Crippen LogP contribution in [0.15, 0.2) is 18.2 Å². The van der Waals surface area contributed by atoms with Crippen molar-refractivity contribution in [2.45, 2.75) is 26.3 Å². The second-order valence-electron chi connectivity index (χ2n) is 4.20. The van der Waals surface area contributed by atoms with Crippen LogP contribution in [-0.4, -0.2) is 4.98 Å². The summed E-state index contributed by atoms with van der Waals surface area (Å²) < 4.78 is 26.7. The predicted molar refractivity (Wildman–Crippen MR) is 68.6 cm³/mol. The molecule has 2 N–H and O–H groups in total.